The maximum atomic E-state index is 12.4. The van der Waals surface area contributed by atoms with E-state index in [1.807, 2.05) is 0 Å². The summed E-state index contributed by atoms with van der Waals surface area (Å²) < 4.78 is 11.7. The van der Waals surface area contributed by atoms with Crippen LogP contribution in [0.3, 0.4) is 0 Å². The lowest BCUT2D eigenvalue weighted by Crippen LogP contribution is -2.36. The van der Waals surface area contributed by atoms with Gasteiger partial charge in [0.15, 0.2) is 0 Å². The van der Waals surface area contributed by atoms with Crippen molar-refractivity contribution >= 4 is 11.9 Å². The van der Waals surface area contributed by atoms with Gasteiger partial charge in [0.25, 0.3) is 0 Å². The van der Waals surface area contributed by atoms with E-state index in [9.17, 15) is 9.59 Å². The van der Waals surface area contributed by atoms with Crippen molar-refractivity contribution in [2.45, 2.75) is 118 Å². The third-order valence-electron chi connectivity index (χ3n) is 7.50. The lowest BCUT2D eigenvalue weighted by molar-refractivity contribution is -0.158. The number of hydrogen-bond acceptors (Lipinski definition) is 4. The fraction of sp³-hybridized carbons (Fsp3) is 0.923. The molecule has 0 aliphatic heterocycles. The highest BCUT2D eigenvalue weighted by Crippen LogP contribution is 2.36. The summed E-state index contributed by atoms with van der Waals surface area (Å²) in [6.07, 6.45) is 9.05. The molecule has 0 aromatic rings. The second kappa shape index (κ2) is 12.1. The summed E-state index contributed by atoms with van der Waals surface area (Å²) in [6.45, 7) is 13.4. The number of unbranched alkanes of at least 4 members (excludes halogenated alkanes) is 1. The van der Waals surface area contributed by atoms with Crippen molar-refractivity contribution < 1.29 is 19.1 Å². The van der Waals surface area contributed by atoms with Gasteiger partial charge in [0.05, 0.1) is 0 Å². The van der Waals surface area contributed by atoms with E-state index in [1.165, 1.54) is 12.8 Å². The Morgan fingerprint density at radius 2 is 1.07 bits per heavy atom. The molecule has 0 spiro atoms. The Labute approximate surface area is 184 Å². The number of esters is 2. The van der Waals surface area contributed by atoms with E-state index < -0.39 is 0 Å². The molecule has 0 aromatic heterocycles. The molecule has 2 aliphatic rings. The lowest BCUT2D eigenvalue weighted by Gasteiger charge is -2.36. The second-order valence-corrected chi connectivity index (χ2v) is 10.9. The molecule has 4 heteroatoms. The highest BCUT2D eigenvalue weighted by atomic mass is 16.5. The summed E-state index contributed by atoms with van der Waals surface area (Å²) in [5.74, 6) is 3.10. The van der Waals surface area contributed by atoms with Gasteiger partial charge in [0.2, 0.25) is 0 Å². The molecule has 0 saturated heterocycles. The van der Waals surface area contributed by atoms with E-state index in [1.54, 1.807) is 0 Å². The van der Waals surface area contributed by atoms with Gasteiger partial charge in [-0.3, -0.25) is 9.59 Å². The molecule has 6 atom stereocenters. The molecule has 2 rings (SSSR count). The number of ether oxygens (including phenoxy) is 2. The summed E-state index contributed by atoms with van der Waals surface area (Å²) in [6, 6.07) is 0. The molecule has 174 valence electrons. The smallest absolute Gasteiger partial charge is 0.306 e. The third-order valence-corrected chi connectivity index (χ3v) is 7.50. The van der Waals surface area contributed by atoms with E-state index in [4.69, 9.17) is 9.47 Å². The van der Waals surface area contributed by atoms with Crippen LogP contribution >= 0.6 is 0 Å². The van der Waals surface area contributed by atoms with E-state index >= 15 is 0 Å². The van der Waals surface area contributed by atoms with Crippen molar-refractivity contribution in [2.24, 2.45) is 35.5 Å². The van der Waals surface area contributed by atoms with Crippen molar-refractivity contribution in [3.63, 3.8) is 0 Å². The van der Waals surface area contributed by atoms with Gasteiger partial charge in [-0.1, -0.05) is 54.4 Å². The van der Waals surface area contributed by atoms with Gasteiger partial charge >= 0.3 is 11.9 Å². The van der Waals surface area contributed by atoms with Crippen molar-refractivity contribution in [2.75, 3.05) is 0 Å². The van der Waals surface area contributed by atoms with Crippen LogP contribution in [0.2, 0.25) is 0 Å². The molecule has 0 N–H and O–H groups in total. The first-order chi connectivity index (χ1) is 14.2. The Hall–Kier alpha value is -1.06. The zero-order chi connectivity index (χ0) is 22.3. The molecule has 2 aliphatic carbocycles. The standard InChI is InChI=1S/C26H46O4/c1-17(2)21-13-11-19(5)15-23(21)29-25(27)9-7-8-10-26(28)30-24-16-20(6)12-14-22(24)18(3)4/h17-24H,7-16H2,1-6H3/t19-,20-,21+,22+,23-,24-/m1/s1. The number of hydrogen-bond donors (Lipinski definition) is 0. The zero-order valence-corrected chi connectivity index (χ0v) is 20.3. The highest BCUT2D eigenvalue weighted by Gasteiger charge is 2.34. The SMILES string of the molecule is CC(C)[C@@H]1CC[C@@H](C)C[C@H]1OC(=O)CCCCC(=O)O[C@@H]1C[C@H](C)CC[C@H]1C(C)C. The highest BCUT2D eigenvalue weighted by molar-refractivity contribution is 5.71. The predicted molar refractivity (Wildman–Crippen MR) is 121 cm³/mol. The van der Waals surface area contributed by atoms with Gasteiger partial charge < -0.3 is 9.47 Å². The molecule has 2 fully saturated rings. The predicted octanol–water partition coefficient (Wildman–Crippen LogP) is 6.55. The third kappa shape index (κ3) is 7.89. The van der Waals surface area contributed by atoms with Crippen LogP contribution in [0.25, 0.3) is 0 Å². The number of carbonyl (C=O) groups excluding carboxylic acids is 2. The minimum atomic E-state index is -0.103. The monoisotopic (exact) mass is 422 g/mol. The molecular formula is C26H46O4. The molecule has 0 amide bonds. The van der Waals surface area contributed by atoms with Crippen LogP contribution in [0.15, 0.2) is 0 Å². The molecule has 0 radical (unpaired) electrons. The van der Waals surface area contributed by atoms with Crippen molar-refractivity contribution in [1.82, 2.24) is 0 Å². The Morgan fingerprint density at radius 1 is 0.700 bits per heavy atom. The van der Waals surface area contributed by atoms with Gasteiger partial charge in [-0.2, -0.15) is 0 Å². The average Bonchev–Trinajstić information content (AvgIpc) is 2.65. The maximum absolute atomic E-state index is 12.4. The van der Waals surface area contributed by atoms with Crippen molar-refractivity contribution in [3.8, 4) is 0 Å². The average molecular weight is 423 g/mol. The quantitative estimate of drug-likeness (QED) is 0.312. The van der Waals surface area contributed by atoms with Crippen LogP contribution in [0.4, 0.5) is 0 Å². The fourth-order valence-electron chi connectivity index (χ4n) is 5.49. The summed E-state index contributed by atoms with van der Waals surface area (Å²) in [5, 5.41) is 0. The minimum absolute atomic E-state index is 0.0625. The van der Waals surface area contributed by atoms with E-state index in [2.05, 4.69) is 41.5 Å². The Balaban J connectivity index is 1.68. The molecule has 30 heavy (non-hydrogen) atoms. The Kier molecular flexibility index (Phi) is 10.2. The van der Waals surface area contributed by atoms with E-state index in [0.29, 0.717) is 61.2 Å². The summed E-state index contributed by atoms with van der Waals surface area (Å²) >= 11 is 0. The van der Waals surface area contributed by atoms with Gasteiger partial charge in [0.1, 0.15) is 12.2 Å². The fourth-order valence-corrected chi connectivity index (χ4v) is 5.49. The zero-order valence-electron chi connectivity index (χ0n) is 20.3. The van der Waals surface area contributed by atoms with Gasteiger partial charge in [-0.05, 0) is 74.0 Å². The van der Waals surface area contributed by atoms with Crippen molar-refractivity contribution in [1.29, 1.82) is 0 Å². The normalized spacial score (nSPS) is 32.3. The van der Waals surface area contributed by atoms with E-state index in [0.717, 1.165) is 25.7 Å². The van der Waals surface area contributed by atoms with Crippen LogP contribution in [0.1, 0.15) is 106 Å². The molecule has 0 bridgehead atoms. The van der Waals surface area contributed by atoms with Crippen LogP contribution in [0, 0.1) is 35.5 Å². The summed E-state index contributed by atoms with van der Waals surface area (Å²) in [5.41, 5.74) is 0. The number of carbonyl (C=O) groups is 2. The maximum Gasteiger partial charge on any atom is 0.306 e. The summed E-state index contributed by atoms with van der Waals surface area (Å²) in [7, 11) is 0. The van der Waals surface area contributed by atoms with Gasteiger partial charge in [-0.15, -0.1) is 0 Å². The Bertz CT molecular complexity index is 493. The molecule has 2 saturated carbocycles. The topological polar surface area (TPSA) is 52.6 Å². The van der Waals surface area contributed by atoms with Gasteiger partial charge in [-0.25, -0.2) is 0 Å². The molecule has 0 aromatic carbocycles. The summed E-state index contributed by atoms with van der Waals surface area (Å²) in [4.78, 5) is 24.7. The van der Waals surface area contributed by atoms with Crippen molar-refractivity contribution in [3.05, 3.63) is 0 Å². The number of rotatable bonds is 9. The molecular weight excluding hydrogens is 376 g/mol. The minimum Gasteiger partial charge on any atom is -0.462 e. The Morgan fingerprint density at radius 3 is 1.40 bits per heavy atom. The molecule has 0 heterocycles. The first-order valence-corrected chi connectivity index (χ1v) is 12.6. The van der Waals surface area contributed by atoms with Crippen LogP contribution in [-0.2, 0) is 19.1 Å². The first-order valence-electron chi connectivity index (χ1n) is 12.6. The second-order valence-electron chi connectivity index (χ2n) is 10.9. The molecule has 4 nitrogen and oxygen atoms in total. The first kappa shape index (κ1) is 25.2. The lowest BCUT2D eigenvalue weighted by atomic mass is 9.75. The van der Waals surface area contributed by atoms with Gasteiger partial charge in [0, 0.05) is 12.8 Å². The van der Waals surface area contributed by atoms with E-state index in [-0.39, 0.29) is 24.1 Å². The molecule has 0 unspecified atom stereocenters. The largest absolute Gasteiger partial charge is 0.462 e. The van der Waals surface area contributed by atoms with Crippen LogP contribution in [-0.4, -0.2) is 24.1 Å². The van der Waals surface area contributed by atoms with Crippen LogP contribution in [0.5, 0.6) is 0 Å². The van der Waals surface area contributed by atoms with Crippen LogP contribution < -0.4 is 0 Å².